The molecule has 17 heavy (non-hydrogen) atoms. The Hall–Kier alpha value is -0.275. The lowest BCUT2D eigenvalue weighted by Gasteiger charge is -2.32. The minimum absolute atomic E-state index is 0.0472. The highest BCUT2D eigenvalue weighted by Gasteiger charge is 2.60. The molecular formula is C14H23BO2. The molecule has 3 aliphatic rings. The summed E-state index contributed by atoms with van der Waals surface area (Å²) < 4.78 is 12.5. The fourth-order valence-electron chi connectivity index (χ4n) is 3.43. The second-order valence-corrected chi connectivity index (χ2v) is 7.07. The quantitative estimate of drug-likeness (QED) is 0.510. The van der Waals surface area contributed by atoms with Crippen molar-refractivity contribution >= 4 is 7.12 Å². The van der Waals surface area contributed by atoms with E-state index >= 15 is 0 Å². The van der Waals surface area contributed by atoms with Gasteiger partial charge in [0.2, 0.25) is 0 Å². The summed E-state index contributed by atoms with van der Waals surface area (Å²) in [5.74, 6) is 0.860. The minimum atomic E-state index is -0.199. The summed E-state index contributed by atoms with van der Waals surface area (Å²) in [5.41, 5.74) is -0.397. The van der Waals surface area contributed by atoms with Crippen LogP contribution < -0.4 is 0 Å². The van der Waals surface area contributed by atoms with Crippen LogP contribution in [0.4, 0.5) is 0 Å². The summed E-state index contributed by atoms with van der Waals surface area (Å²) in [4.78, 5) is 0. The minimum Gasteiger partial charge on any atom is -0.403 e. The smallest absolute Gasteiger partial charge is 0.403 e. The van der Waals surface area contributed by atoms with Crippen LogP contribution in [-0.2, 0) is 9.31 Å². The summed E-state index contributed by atoms with van der Waals surface area (Å²) >= 11 is 0. The number of rotatable bonds is 1. The van der Waals surface area contributed by atoms with E-state index < -0.39 is 0 Å². The van der Waals surface area contributed by atoms with E-state index in [9.17, 15) is 0 Å². The number of hydrogen-bond acceptors (Lipinski definition) is 2. The van der Waals surface area contributed by atoms with Crippen LogP contribution in [0, 0.1) is 5.92 Å². The van der Waals surface area contributed by atoms with Crippen molar-refractivity contribution in [2.75, 3.05) is 0 Å². The topological polar surface area (TPSA) is 18.5 Å². The first-order valence-corrected chi connectivity index (χ1v) is 6.88. The Balaban J connectivity index is 1.88. The molecule has 0 aromatic rings. The van der Waals surface area contributed by atoms with Crippen molar-refractivity contribution in [3.05, 3.63) is 12.2 Å². The molecule has 1 heterocycles. The Kier molecular flexibility index (Phi) is 2.35. The van der Waals surface area contributed by atoms with Crippen LogP contribution >= 0.6 is 0 Å². The van der Waals surface area contributed by atoms with Gasteiger partial charge in [-0.15, -0.1) is 0 Å². The monoisotopic (exact) mass is 234 g/mol. The maximum Gasteiger partial charge on any atom is 0.468 e. The highest BCUT2D eigenvalue weighted by atomic mass is 16.7. The van der Waals surface area contributed by atoms with Gasteiger partial charge in [0.1, 0.15) is 0 Å². The second-order valence-electron chi connectivity index (χ2n) is 7.07. The zero-order valence-corrected chi connectivity index (χ0v) is 11.5. The Morgan fingerprint density at radius 2 is 1.76 bits per heavy atom. The summed E-state index contributed by atoms with van der Waals surface area (Å²) in [6.07, 6.45) is 9.77. The van der Waals surface area contributed by atoms with E-state index in [2.05, 4.69) is 39.8 Å². The molecule has 0 N–H and O–H groups in total. The SMILES string of the molecule is CC1(C)OB(C23C=CCC(CC2)C3)OC1(C)C. The van der Waals surface area contributed by atoms with Crippen molar-refractivity contribution in [3.63, 3.8) is 0 Å². The first-order chi connectivity index (χ1) is 7.85. The van der Waals surface area contributed by atoms with E-state index in [1.807, 2.05) is 0 Å². The summed E-state index contributed by atoms with van der Waals surface area (Å²) in [5, 5.41) is 0.161. The zero-order chi connectivity index (χ0) is 12.3. The van der Waals surface area contributed by atoms with Gasteiger partial charge >= 0.3 is 7.12 Å². The molecule has 1 aliphatic heterocycles. The lowest BCUT2D eigenvalue weighted by molar-refractivity contribution is 0.00578. The van der Waals surface area contributed by atoms with E-state index in [0.717, 1.165) is 5.92 Å². The van der Waals surface area contributed by atoms with Crippen molar-refractivity contribution < 1.29 is 9.31 Å². The molecule has 2 aliphatic carbocycles. The highest BCUT2D eigenvalue weighted by Crippen LogP contribution is 2.58. The van der Waals surface area contributed by atoms with E-state index in [1.165, 1.54) is 25.7 Å². The van der Waals surface area contributed by atoms with Crippen molar-refractivity contribution in [1.82, 2.24) is 0 Å². The molecule has 2 nitrogen and oxygen atoms in total. The Labute approximate surface area is 105 Å². The average Bonchev–Trinajstić information content (AvgIpc) is 2.64. The maximum absolute atomic E-state index is 6.25. The van der Waals surface area contributed by atoms with Crippen molar-refractivity contribution in [2.24, 2.45) is 5.92 Å². The normalized spacial score (nSPS) is 42.1. The van der Waals surface area contributed by atoms with Gasteiger partial charge in [0.15, 0.2) is 0 Å². The third-order valence-corrected chi connectivity index (χ3v) is 5.33. The molecule has 2 atom stereocenters. The van der Waals surface area contributed by atoms with E-state index in [0.29, 0.717) is 0 Å². The predicted octanol–water partition coefficient (Wildman–Crippen LogP) is 3.58. The van der Waals surface area contributed by atoms with Gasteiger partial charge in [0.25, 0.3) is 0 Å². The molecule has 3 heteroatoms. The van der Waals surface area contributed by atoms with Crippen LogP contribution in [0.3, 0.4) is 0 Å². The van der Waals surface area contributed by atoms with Gasteiger partial charge < -0.3 is 9.31 Å². The van der Waals surface area contributed by atoms with Gasteiger partial charge in [0.05, 0.1) is 11.2 Å². The molecule has 1 saturated carbocycles. The number of allylic oxidation sites excluding steroid dienone is 2. The van der Waals surface area contributed by atoms with Gasteiger partial charge in [-0.25, -0.2) is 0 Å². The van der Waals surface area contributed by atoms with Crippen molar-refractivity contribution in [1.29, 1.82) is 0 Å². The first-order valence-electron chi connectivity index (χ1n) is 6.88. The number of hydrogen-bond donors (Lipinski definition) is 0. The average molecular weight is 234 g/mol. The molecular weight excluding hydrogens is 211 g/mol. The fraction of sp³-hybridized carbons (Fsp3) is 0.857. The molecule has 0 aromatic heterocycles. The van der Waals surface area contributed by atoms with Crippen LogP contribution in [0.15, 0.2) is 12.2 Å². The van der Waals surface area contributed by atoms with Crippen LogP contribution in [0.1, 0.15) is 53.4 Å². The van der Waals surface area contributed by atoms with Gasteiger partial charge in [-0.05, 0) is 59.3 Å². The van der Waals surface area contributed by atoms with Gasteiger partial charge in [-0.3, -0.25) is 0 Å². The Morgan fingerprint density at radius 3 is 2.41 bits per heavy atom. The molecule has 3 rings (SSSR count). The van der Waals surface area contributed by atoms with Crippen LogP contribution in [-0.4, -0.2) is 18.3 Å². The van der Waals surface area contributed by atoms with Crippen LogP contribution in [0.2, 0.25) is 5.31 Å². The molecule has 1 saturated heterocycles. The molecule has 0 radical (unpaired) electrons. The molecule has 0 spiro atoms. The van der Waals surface area contributed by atoms with E-state index in [1.54, 1.807) is 0 Å². The summed E-state index contributed by atoms with van der Waals surface area (Å²) in [7, 11) is -0.0472. The van der Waals surface area contributed by atoms with Crippen molar-refractivity contribution in [3.8, 4) is 0 Å². The lowest BCUT2D eigenvalue weighted by Crippen LogP contribution is -2.41. The Morgan fingerprint density at radius 1 is 1.12 bits per heavy atom. The Bertz CT molecular complexity index is 345. The van der Waals surface area contributed by atoms with Crippen LogP contribution in [0.5, 0.6) is 0 Å². The summed E-state index contributed by atoms with van der Waals surface area (Å²) in [6, 6.07) is 0. The van der Waals surface area contributed by atoms with Gasteiger partial charge in [-0.2, -0.15) is 0 Å². The van der Waals surface area contributed by atoms with Gasteiger partial charge in [0, 0.05) is 5.31 Å². The maximum atomic E-state index is 6.25. The third kappa shape index (κ3) is 1.62. The molecule has 0 amide bonds. The zero-order valence-electron chi connectivity index (χ0n) is 11.5. The molecule has 2 bridgehead atoms. The van der Waals surface area contributed by atoms with Crippen LogP contribution in [0.25, 0.3) is 0 Å². The fourth-order valence-corrected chi connectivity index (χ4v) is 3.43. The van der Waals surface area contributed by atoms with Crippen molar-refractivity contribution in [2.45, 2.75) is 69.9 Å². The second kappa shape index (κ2) is 3.39. The lowest BCUT2D eigenvalue weighted by atomic mass is 9.54. The molecule has 2 fully saturated rings. The largest absolute Gasteiger partial charge is 0.468 e. The van der Waals surface area contributed by atoms with E-state index in [4.69, 9.17) is 9.31 Å². The molecule has 0 aromatic carbocycles. The molecule has 94 valence electrons. The van der Waals surface area contributed by atoms with E-state index in [-0.39, 0.29) is 23.6 Å². The summed E-state index contributed by atoms with van der Waals surface area (Å²) in [6.45, 7) is 8.57. The predicted molar refractivity (Wildman–Crippen MR) is 69.9 cm³/mol. The standard InChI is InChI=1S/C14H23BO2/c1-12(2)13(3,4)17-15(16-12)14-8-5-6-11(10-14)7-9-14/h5,8,11H,6-7,9-10H2,1-4H3. The third-order valence-electron chi connectivity index (χ3n) is 5.33. The van der Waals surface area contributed by atoms with Gasteiger partial charge in [-0.1, -0.05) is 12.2 Å². The highest BCUT2D eigenvalue weighted by molar-refractivity contribution is 6.50. The molecule has 2 unspecified atom stereocenters. The number of fused-ring (bicyclic) bond motifs is 2. The first kappa shape index (κ1) is 11.8.